The molecule has 1 aromatic rings. The molecule has 0 radical (unpaired) electrons. The molecule has 0 aliphatic rings. The van der Waals surface area contributed by atoms with E-state index in [1.54, 1.807) is 7.11 Å². The smallest absolute Gasteiger partial charge is 0.0766 e. The van der Waals surface area contributed by atoms with E-state index in [1.807, 2.05) is 11.7 Å². The quantitative estimate of drug-likeness (QED) is 0.662. The number of halogens is 1. The van der Waals surface area contributed by atoms with Crippen molar-refractivity contribution in [3.8, 4) is 0 Å². The molecule has 0 saturated heterocycles. The summed E-state index contributed by atoms with van der Waals surface area (Å²) in [6.07, 6.45) is 4.49. The summed E-state index contributed by atoms with van der Waals surface area (Å²) < 4.78 is 8.30. The molecule has 0 amide bonds. The van der Waals surface area contributed by atoms with Crippen LogP contribution in [-0.4, -0.2) is 36.6 Å². The SMILES string of the molecule is CCCC(CNCCOC)Cc1c(Br)c(CC)nn1C. The van der Waals surface area contributed by atoms with E-state index in [0.29, 0.717) is 5.92 Å². The summed E-state index contributed by atoms with van der Waals surface area (Å²) in [5, 5.41) is 8.06. The van der Waals surface area contributed by atoms with Gasteiger partial charge in [-0.05, 0) is 47.7 Å². The van der Waals surface area contributed by atoms with Gasteiger partial charge in [0.15, 0.2) is 0 Å². The van der Waals surface area contributed by atoms with Gasteiger partial charge in [0, 0.05) is 20.7 Å². The first-order valence-electron chi connectivity index (χ1n) is 7.53. The first-order valence-corrected chi connectivity index (χ1v) is 8.33. The molecule has 1 N–H and O–H groups in total. The molecule has 116 valence electrons. The molecule has 0 bridgehead atoms. The maximum atomic E-state index is 5.07. The fourth-order valence-electron chi connectivity index (χ4n) is 2.48. The van der Waals surface area contributed by atoms with E-state index in [9.17, 15) is 0 Å². The summed E-state index contributed by atoms with van der Waals surface area (Å²) in [5.41, 5.74) is 2.47. The van der Waals surface area contributed by atoms with Gasteiger partial charge in [-0.25, -0.2) is 0 Å². The van der Waals surface area contributed by atoms with E-state index in [0.717, 1.165) is 38.2 Å². The summed E-state index contributed by atoms with van der Waals surface area (Å²) in [5.74, 6) is 0.647. The highest BCUT2D eigenvalue weighted by molar-refractivity contribution is 9.10. The monoisotopic (exact) mass is 345 g/mol. The highest BCUT2D eigenvalue weighted by atomic mass is 79.9. The minimum Gasteiger partial charge on any atom is -0.383 e. The molecule has 1 unspecified atom stereocenters. The van der Waals surface area contributed by atoms with Gasteiger partial charge in [-0.15, -0.1) is 0 Å². The molecule has 5 heteroatoms. The first kappa shape index (κ1) is 17.7. The molecule has 0 saturated carbocycles. The van der Waals surface area contributed by atoms with Crippen LogP contribution in [0.4, 0.5) is 0 Å². The molecular weight excluding hydrogens is 318 g/mol. The minimum atomic E-state index is 0.647. The van der Waals surface area contributed by atoms with Crippen LogP contribution in [0.5, 0.6) is 0 Å². The molecule has 0 fully saturated rings. The van der Waals surface area contributed by atoms with Crippen molar-refractivity contribution in [3.63, 3.8) is 0 Å². The Hall–Kier alpha value is -0.390. The third-order valence-electron chi connectivity index (χ3n) is 3.60. The number of nitrogens with zero attached hydrogens (tertiary/aromatic N) is 2. The largest absolute Gasteiger partial charge is 0.383 e. The molecule has 20 heavy (non-hydrogen) atoms. The molecule has 1 aromatic heterocycles. The highest BCUT2D eigenvalue weighted by Gasteiger charge is 2.17. The van der Waals surface area contributed by atoms with Crippen molar-refractivity contribution in [3.05, 3.63) is 15.9 Å². The number of ether oxygens (including phenoxy) is 1. The van der Waals surface area contributed by atoms with Crippen LogP contribution in [0, 0.1) is 5.92 Å². The van der Waals surface area contributed by atoms with E-state index in [-0.39, 0.29) is 0 Å². The predicted octanol–water partition coefficient (Wildman–Crippen LogP) is 2.94. The van der Waals surface area contributed by atoms with Crippen LogP contribution in [0.15, 0.2) is 4.47 Å². The van der Waals surface area contributed by atoms with E-state index < -0.39 is 0 Å². The molecule has 0 aliphatic heterocycles. The Balaban J connectivity index is 2.62. The van der Waals surface area contributed by atoms with Crippen molar-refractivity contribution >= 4 is 15.9 Å². The lowest BCUT2D eigenvalue weighted by Crippen LogP contribution is -2.27. The van der Waals surface area contributed by atoms with Crippen molar-refractivity contribution in [1.82, 2.24) is 15.1 Å². The average molecular weight is 346 g/mol. The van der Waals surface area contributed by atoms with Gasteiger partial charge in [0.25, 0.3) is 0 Å². The van der Waals surface area contributed by atoms with Crippen LogP contribution >= 0.6 is 15.9 Å². The molecule has 0 spiro atoms. The third-order valence-corrected chi connectivity index (χ3v) is 4.51. The van der Waals surface area contributed by atoms with Gasteiger partial charge in [-0.2, -0.15) is 5.10 Å². The first-order chi connectivity index (χ1) is 9.63. The molecule has 0 aromatic carbocycles. The summed E-state index contributed by atoms with van der Waals surface area (Å²) in [6, 6.07) is 0. The second-order valence-corrected chi connectivity index (χ2v) is 6.03. The lowest BCUT2D eigenvalue weighted by molar-refractivity contribution is 0.197. The van der Waals surface area contributed by atoms with Crippen LogP contribution in [0.2, 0.25) is 0 Å². The summed E-state index contributed by atoms with van der Waals surface area (Å²) >= 11 is 3.71. The van der Waals surface area contributed by atoms with E-state index in [4.69, 9.17) is 4.74 Å². The number of methoxy groups -OCH3 is 1. The van der Waals surface area contributed by atoms with E-state index in [1.165, 1.54) is 23.0 Å². The zero-order chi connectivity index (χ0) is 15.0. The number of rotatable bonds is 10. The fraction of sp³-hybridized carbons (Fsp3) is 0.800. The van der Waals surface area contributed by atoms with Crippen molar-refractivity contribution < 1.29 is 4.74 Å². The van der Waals surface area contributed by atoms with Gasteiger partial charge in [0.05, 0.1) is 22.5 Å². The fourth-order valence-corrected chi connectivity index (χ4v) is 3.26. The van der Waals surface area contributed by atoms with Crippen molar-refractivity contribution in [2.24, 2.45) is 13.0 Å². The lowest BCUT2D eigenvalue weighted by atomic mass is 9.97. The Morgan fingerprint density at radius 2 is 2.15 bits per heavy atom. The zero-order valence-corrected chi connectivity index (χ0v) is 14.8. The summed E-state index contributed by atoms with van der Waals surface area (Å²) in [6.45, 7) is 7.12. The van der Waals surface area contributed by atoms with Gasteiger partial charge >= 0.3 is 0 Å². The Kier molecular flexibility index (Phi) is 8.41. The molecule has 1 rings (SSSR count). The lowest BCUT2D eigenvalue weighted by Gasteiger charge is -2.17. The van der Waals surface area contributed by atoms with Crippen molar-refractivity contribution in [2.75, 3.05) is 26.8 Å². The number of hydrogen-bond acceptors (Lipinski definition) is 3. The van der Waals surface area contributed by atoms with Gasteiger partial charge in [-0.3, -0.25) is 4.68 Å². The standard InChI is InChI=1S/C15H28BrN3O/c1-5-7-12(11-17-8-9-20-4)10-14-15(16)13(6-2)18-19(14)3/h12,17H,5-11H2,1-4H3. The Labute approximate surface area is 131 Å². The van der Waals surface area contributed by atoms with Crippen molar-refractivity contribution in [2.45, 2.75) is 39.5 Å². The molecule has 1 heterocycles. The van der Waals surface area contributed by atoms with Crippen LogP contribution in [0.25, 0.3) is 0 Å². The third kappa shape index (κ3) is 5.19. The number of nitrogens with one attached hydrogen (secondary N) is 1. The van der Waals surface area contributed by atoms with Crippen molar-refractivity contribution in [1.29, 1.82) is 0 Å². The minimum absolute atomic E-state index is 0.647. The number of aromatic nitrogens is 2. The van der Waals surface area contributed by atoms with Crippen LogP contribution in [-0.2, 0) is 24.6 Å². The normalized spacial score (nSPS) is 12.8. The number of hydrogen-bond donors (Lipinski definition) is 1. The van der Waals surface area contributed by atoms with Crippen LogP contribution < -0.4 is 5.32 Å². The van der Waals surface area contributed by atoms with Crippen LogP contribution in [0.3, 0.4) is 0 Å². The second-order valence-electron chi connectivity index (χ2n) is 5.24. The second kappa shape index (κ2) is 9.53. The summed E-state index contributed by atoms with van der Waals surface area (Å²) in [4.78, 5) is 0. The predicted molar refractivity (Wildman–Crippen MR) is 87.1 cm³/mol. The van der Waals surface area contributed by atoms with Crippen LogP contribution in [0.1, 0.15) is 38.1 Å². The van der Waals surface area contributed by atoms with Gasteiger partial charge in [0.1, 0.15) is 0 Å². The molecule has 4 nitrogen and oxygen atoms in total. The Bertz CT molecular complexity index is 393. The molecule has 1 atom stereocenters. The average Bonchev–Trinajstić information content (AvgIpc) is 2.71. The van der Waals surface area contributed by atoms with Gasteiger partial charge in [-0.1, -0.05) is 20.3 Å². The summed E-state index contributed by atoms with van der Waals surface area (Å²) in [7, 11) is 3.78. The van der Waals surface area contributed by atoms with Gasteiger partial charge < -0.3 is 10.1 Å². The zero-order valence-electron chi connectivity index (χ0n) is 13.2. The highest BCUT2D eigenvalue weighted by Crippen LogP contribution is 2.25. The Morgan fingerprint density at radius 1 is 1.40 bits per heavy atom. The van der Waals surface area contributed by atoms with E-state index in [2.05, 4.69) is 40.2 Å². The van der Waals surface area contributed by atoms with Gasteiger partial charge in [0.2, 0.25) is 0 Å². The molecular formula is C15H28BrN3O. The van der Waals surface area contributed by atoms with E-state index >= 15 is 0 Å². The molecule has 0 aliphatic carbocycles. The topological polar surface area (TPSA) is 39.1 Å². The maximum absolute atomic E-state index is 5.07. The maximum Gasteiger partial charge on any atom is 0.0766 e. The number of aryl methyl sites for hydroxylation is 2. The Morgan fingerprint density at radius 3 is 2.70 bits per heavy atom.